The van der Waals surface area contributed by atoms with Crippen molar-refractivity contribution in [3.63, 3.8) is 0 Å². The van der Waals surface area contributed by atoms with Gasteiger partial charge >= 0.3 is 5.97 Å². The number of nitrogens with zero attached hydrogens (tertiary/aromatic N) is 2. The topological polar surface area (TPSA) is 64.1 Å². The summed E-state index contributed by atoms with van der Waals surface area (Å²) in [6.45, 7) is 6.36. The molecule has 146 valence electrons. The number of hydrogen-bond donors (Lipinski definition) is 1. The van der Waals surface area contributed by atoms with E-state index in [4.69, 9.17) is 4.74 Å². The molecule has 2 aromatic carbocycles. The van der Waals surface area contributed by atoms with Gasteiger partial charge in [-0.25, -0.2) is 14.8 Å². The zero-order chi connectivity index (χ0) is 20.4. The Labute approximate surface area is 173 Å². The Hall–Kier alpha value is -3.25. The number of aromatic nitrogens is 2. The van der Waals surface area contributed by atoms with Crippen molar-refractivity contribution in [2.75, 3.05) is 11.9 Å². The second-order valence-electron chi connectivity index (χ2n) is 6.78. The molecule has 2 aromatic heterocycles. The molecule has 29 heavy (non-hydrogen) atoms. The van der Waals surface area contributed by atoms with Crippen molar-refractivity contribution in [1.29, 1.82) is 0 Å². The molecule has 0 radical (unpaired) electrons. The number of rotatable bonds is 5. The molecule has 5 nitrogen and oxygen atoms in total. The van der Waals surface area contributed by atoms with E-state index < -0.39 is 0 Å². The molecule has 0 saturated heterocycles. The summed E-state index contributed by atoms with van der Waals surface area (Å²) in [5, 5.41) is 6.44. The smallest absolute Gasteiger partial charge is 0.338 e. The quantitative estimate of drug-likeness (QED) is 0.421. The van der Waals surface area contributed by atoms with Gasteiger partial charge in [0.2, 0.25) is 0 Å². The number of benzene rings is 2. The summed E-state index contributed by atoms with van der Waals surface area (Å²) in [5.74, 6) is 0.376. The van der Waals surface area contributed by atoms with Crippen LogP contribution in [0.2, 0.25) is 0 Å². The fourth-order valence-electron chi connectivity index (χ4n) is 3.17. The largest absolute Gasteiger partial charge is 0.462 e. The lowest BCUT2D eigenvalue weighted by atomic mass is 10.0. The van der Waals surface area contributed by atoms with Crippen LogP contribution in [0.25, 0.3) is 21.3 Å². The third-order valence-electron chi connectivity index (χ3n) is 4.82. The van der Waals surface area contributed by atoms with Gasteiger partial charge in [0, 0.05) is 16.6 Å². The highest BCUT2D eigenvalue weighted by atomic mass is 32.1. The molecule has 4 aromatic rings. The molecule has 2 heterocycles. The average Bonchev–Trinajstić information content (AvgIpc) is 3.16. The summed E-state index contributed by atoms with van der Waals surface area (Å²) in [6, 6.07) is 13.7. The van der Waals surface area contributed by atoms with Crippen LogP contribution in [-0.4, -0.2) is 22.5 Å². The Kier molecular flexibility index (Phi) is 5.27. The molecule has 1 N–H and O–H groups in total. The number of nitrogens with one attached hydrogen (secondary N) is 1. The van der Waals surface area contributed by atoms with Gasteiger partial charge < -0.3 is 10.1 Å². The molecule has 0 atom stereocenters. The van der Waals surface area contributed by atoms with Gasteiger partial charge in [-0.1, -0.05) is 24.3 Å². The van der Waals surface area contributed by atoms with E-state index in [1.165, 1.54) is 11.1 Å². The van der Waals surface area contributed by atoms with Gasteiger partial charge in [-0.3, -0.25) is 0 Å². The van der Waals surface area contributed by atoms with E-state index >= 15 is 0 Å². The molecule has 0 bridgehead atoms. The summed E-state index contributed by atoms with van der Waals surface area (Å²) in [6.07, 6.45) is 1.56. The summed E-state index contributed by atoms with van der Waals surface area (Å²) in [7, 11) is 0. The van der Waals surface area contributed by atoms with Crippen LogP contribution in [0.3, 0.4) is 0 Å². The Morgan fingerprint density at radius 2 is 1.97 bits per heavy atom. The summed E-state index contributed by atoms with van der Waals surface area (Å²) < 4.78 is 5.10. The molecule has 0 saturated carbocycles. The van der Waals surface area contributed by atoms with Crippen LogP contribution in [-0.2, 0) is 4.74 Å². The first-order valence-electron chi connectivity index (χ1n) is 9.41. The number of anilines is 2. The van der Waals surface area contributed by atoms with E-state index in [1.54, 1.807) is 36.7 Å². The first-order valence-corrected chi connectivity index (χ1v) is 10.3. The number of carbonyl (C=O) groups is 1. The van der Waals surface area contributed by atoms with Gasteiger partial charge in [0.05, 0.1) is 17.6 Å². The molecule has 0 spiro atoms. The fourth-order valence-corrected chi connectivity index (χ4v) is 4.08. The van der Waals surface area contributed by atoms with Gasteiger partial charge in [-0.15, -0.1) is 11.3 Å². The predicted molar refractivity (Wildman–Crippen MR) is 118 cm³/mol. The lowest BCUT2D eigenvalue weighted by Gasteiger charge is -2.10. The van der Waals surface area contributed by atoms with Crippen molar-refractivity contribution in [3.8, 4) is 11.1 Å². The molecule has 0 aliphatic rings. The van der Waals surface area contributed by atoms with E-state index in [1.807, 2.05) is 12.1 Å². The van der Waals surface area contributed by atoms with Gasteiger partial charge in [-0.05, 0) is 55.7 Å². The van der Waals surface area contributed by atoms with Crippen molar-refractivity contribution in [2.45, 2.75) is 20.8 Å². The van der Waals surface area contributed by atoms with Gasteiger partial charge in [0.15, 0.2) is 0 Å². The maximum atomic E-state index is 12.0. The Bertz CT molecular complexity index is 1200. The number of fused-ring (bicyclic) bond motifs is 1. The number of aryl methyl sites for hydroxylation is 2. The normalized spacial score (nSPS) is 10.9. The third kappa shape index (κ3) is 3.84. The second-order valence-corrected chi connectivity index (χ2v) is 7.64. The van der Waals surface area contributed by atoms with E-state index in [9.17, 15) is 4.79 Å². The number of carbonyl (C=O) groups excluding carboxylic acids is 1. The lowest BCUT2D eigenvalue weighted by Crippen LogP contribution is -2.05. The van der Waals surface area contributed by atoms with E-state index in [2.05, 4.69) is 52.7 Å². The first-order chi connectivity index (χ1) is 14.1. The van der Waals surface area contributed by atoms with E-state index in [-0.39, 0.29) is 5.97 Å². The van der Waals surface area contributed by atoms with Crippen molar-refractivity contribution < 1.29 is 9.53 Å². The predicted octanol–water partition coefficient (Wildman–Crippen LogP) is 5.90. The van der Waals surface area contributed by atoms with Crippen LogP contribution in [0.5, 0.6) is 0 Å². The second kappa shape index (κ2) is 8.01. The summed E-state index contributed by atoms with van der Waals surface area (Å²) >= 11 is 1.59. The number of ether oxygens (including phenoxy) is 1. The van der Waals surface area contributed by atoms with E-state index in [0.29, 0.717) is 18.0 Å². The van der Waals surface area contributed by atoms with Gasteiger partial charge in [0.25, 0.3) is 0 Å². The number of esters is 1. The highest BCUT2D eigenvalue weighted by Gasteiger charge is 2.14. The molecular weight excluding hydrogens is 382 g/mol. The third-order valence-corrected chi connectivity index (χ3v) is 5.71. The van der Waals surface area contributed by atoms with Gasteiger partial charge in [-0.2, -0.15) is 0 Å². The Morgan fingerprint density at radius 3 is 2.76 bits per heavy atom. The minimum Gasteiger partial charge on any atom is -0.462 e. The highest BCUT2D eigenvalue weighted by molar-refractivity contribution is 7.17. The van der Waals surface area contributed by atoms with Crippen molar-refractivity contribution in [3.05, 3.63) is 70.9 Å². The molecule has 6 heteroatoms. The molecule has 0 unspecified atom stereocenters. The van der Waals surface area contributed by atoms with Crippen molar-refractivity contribution in [2.24, 2.45) is 0 Å². The van der Waals surface area contributed by atoms with Crippen LogP contribution in [0.4, 0.5) is 11.5 Å². The standard InChI is InChI=1S/C23H21N3O2S/c1-4-28-23(27)17-6-5-7-18(11-17)26-21-20-19(12-29-22(20)25-13-24-21)16-9-8-14(2)15(3)10-16/h5-13H,4H2,1-3H3,(H,24,25,26). The van der Waals surface area contributed by atoms with E-state index in [0.717, 1.165) is 27.0 Å². The SMILES string of the molecule is CCOC(=O)c1cccc(Nc2ncnc3scc(-c4ccc(C)c(C)c4)c23)c1. The zero-order valence-electron chi connectivity index (χ0n) is 16.5. The number of thiophene rings is 1. The van der Waals surface area contributed by atoms with Crippen molar-refractivity contribution in [1.82, 2.24) is 9.97 Å². The van der Waals surface area contributed by atoms with Crippen LogP contribution in [0, 0.1) is 13.8 Å². The number of hydrogen-bond acceptors (Lipinski definition) is 6. The average molecular weight is 404 g/mol. The minimum atomic E-state index is -0.338. The highest BCUT2D eigenvalue weighted by Crippen LogP contribution is 2.38. The molecule has 0 fully saturated rings. The van der Waals surface area contributed by atoms with Crippen LogP contribution < -0.4 is 5.32 Å². The molecule has 4 rings (SSSR count). The van der Waals surface area contributed by atoms with Crippen molar-refractivity contribution >= 4 is 39.0 Å². The summed E-state index contributed by atoms with van der Waals surface area (Å²) in [4.78, 5) is 21.9. The summed E-state index contributed by atoms with van der Waals surface area (Å²) in [5.41, 5.74) is 6.01. The van der Waals surface area contributed by atoms with Gasteiger partial charge in [0.1, 0.15) is 17.0 Å². The maximum absolute atomic E-state index is 12.0. The molecule has 0 aliphatic carbocycles. The molecule has 0 aliphatic heterocycles. The Balaban J connectivity index is 1.75. The minimum absolute atomic E-state index is 0.338. The monoisotopic (exact) mass is 403 g/mol. The molecule has 0 amide bonds. The first kappa shape index (κ1) is 19.1. The fraction of sp³-hybridized carbons (Fsp3) is 0.174. The zero-order valence-corrected chi connectivity index (χ0v) is 17.3. The van der Waals surface area contributed by atoms with Crippen LogP contribution >= 0.6 is 11.3 Å². The lowest BCUT2D eigenvalue weighted by molar-refractivity contribution is 0.0526. The van der Waals surface area contributed by atoms with Crippen LogP contribution in [0.15, 0.2) is 54.2 Å². The Morgan fingerprint density at radius 1 is 1.10 bits per heavy atom. The molecular formula is C23H21N3O2S. The van der Waals surface area contributed by atoms with Crippen LogP contribution in [0.1, 0.15) is 28.4 Å². The maximum Gasteiger partial charge on any atom is 0.338 e.